The molecule has 0 bridgehead atoms. The van der Waals surface area contributed by atoms with Crippen molar-refractivity contribution < 1.29 is 23.8 Å². The molecule has 3 rings (SSSR count). The van der Waals surface area contributed by atoms with Gasteiger partial charge >= 0.3 is 13.2 Å². The summed E-state index contributed by atoms with van der Waals surface area (Å²) in [5.41, 5.74) is 0.821. The van der Waals surface area contributed by atoms with Crippen LogP contribution < -0.4 is 10.8 Å². The third kappa shape index (κ3) is 5.62. The van der Waals surface area contributed by atoms with Gasteiger partial charge in [0.15, 0.2) is 0 Å². The van der Waals surface area contributed by atoms with Gasteiger partial charge in [-0.3, -0.25) is 15.4 Å². The number of anilines is 1. The molecule has 1 atom stereocenters. The number of para-hydroxylation sites is 1. The van der Waals surface area contributed by atoms with Gasteiger partial charge in [-0.2, -0.15) is 0 Å². The number of hydrogen-bond donors (Lipinski definition) is 1. The van der Waals surface area contributed by atoms with Crippen LogP contribution in [0.2, 0.25) is 0 Å². The summed E-state index contributed by atoms with van der Waals surface area (Å²) in [7, 11) is -0.687. The smallest absolute Gasteiger partial charge is 0.444 e. The van der Waals surface area contributed by atoms with Crippen molar-refractivity contribution in [3.05, 3.63) is 64.2 Å². The van der Waals surface area contributed by atoms with Gasteiger partial charge in [0.2, 0.25) is 0 Å². The molecule has 2 aromatic rings. The molecule has 2 aromatic carbocycles. The van der Waals surface area contributed by atoms with Gasteiger partial charge in [0.05, 0.1) is 16.6 Å². The fourth-order valence-corrected chi connectivity index (χ4v) is 3.40. The Morgan fingerprint density at radius 1 is 1.19 bits per heavy atom. The lowest BCUT2D eigenvalue weighted by atomic mass is 9.72. The molecule has 0 saturated carbocycles. The van der Waals surface area contributed by atoms with Crippen molar-refractivity contribution in [1.82, 2.24) is 0 Å². The predicted molar refractivity (Wildman–Crippen MR) is 118 cm³/mol. The summed E-state index contributed by atoms with van der Waals surface area (Å²) >= 11 is 0. The summed E-state index contributed by atoms with van der Waals surface area (Å²) in [5.74, 6) is 0. The number of rotatable bonds is 4. The molecule has 0 spiro atoms. The SMILES string of the molecule is CC(C)(C)OC(=O)Nc1ccc(B2OCC(C)(C)C(c3ccccc3[N+](=O)[O-])O2)cc1. The van der Waals surface area contributed by atoms with E-state index in [4.69, 9.17) is 14.0 Å². The van der Waals surface area contributed by atoms with Crippen LogP contribution in [0.3, 0.4) is 0 Å². The Balaban J connectivity index is 1.77. The monoisotopic (exact) mass is 426 g/mol. The summed E-state index contributed by atoms with van der Waals surface area (Å²) in [5, 5.41) is 14.2. The first-order valence-corrected chi connectivity index (χ1v) is 10.1. The number of ether oxygens (including phenoxy) is 1. The van der Waals surface area contributed by atoms with Crippen LogP contribution in [0.15, 0.2) is 48.5 Å². The maximum Gasteiger partial charge on any atom is 0.494 e. The van der Waals surface area contributed by atoms with Gasteiger partial charge in [-0.25, -0.2) is 4.79 Å². The minimum Gasteiger partial charge on any atom is -0.444 e. The van der Waals surface area contributed by atoms with Crippen LogP contribution in [0.5, 0.6) is 0 Å². The average Bonchev–Trinajstić information content (AvgIpc) is 2.67. The summed E-state index contributed by atoms with van der Waals surface area (Å²) < 4.78 is 17.4. The normalized spacial score (nSPS) is 18.4. The highest BCUT2D eigenvalue weighted by Crippen LogP contribution is 2.43. The number of benzene rings is 2. The number of nitro groups is 1. The second-order valence-corrected chi connectivity index (χ2v) is 9.21. The molecule has 9 heteroatoms. The Kier molecular flexibility index (Phi) is 6.38. The van der Waals surface area contributed by atoms with Gasteiger partial charge in [0.25, 0.3) is 5.69 Å². The van der Waals surface area contributed by atoms with Crippen LogP contribution in [0.4, 0.5) is 16.2 Å². The molecule has 1 aliphatic rings. The van der Waals surface area contributed by atoms with Crippen molar-refractivity contribution in [3.63, 3.8) is 0 Å². The first-order valence-electron chi connectivity index (χ1n) is 10.1. The van der Waals surface area contributed by atoms with Crippen molar-refractivity contribution in [1.29, 1.82) is 0 Å². The van der Waals surface area contributed by atoms with E-state index in [0.717, 1.165) is 5.46 Å². The highest BCUT2D eigenvalue weighted by atomic mass is 16.6. The van der Waals surface area contributed by atoms with Gasteiger partial charge in [-0.05, 0) is 44.4 Å². The zero-order valence-corrected chi connectivity index (χ0v) is 18.4. The highest BCUT2D eigenvalue weighted by molar-refractivity contribution is 6.61. The van der Waals surface area contributed by atoms with E-state index < -0.39 is 35.3 Å². The molecular weight excluding hydrogens is 399 g/mol. The minimum atomic E-state index is -0.687. The molecule has 0 aromatic heterocycles. The molecule has 164 valence electrons. The zero-order valence-electron chi connectivity index (χ0n) is 18.4. The van der Waals surface area contributed by atoms with Crippen molar-refractivity contribution in [2.24, 2.45) is 5.41 Å². The third-order valence-electron chi connectivity index (χ3n) is 4.82. The quantitative estimate of drug-likeness (QED) is 0.441. The van der Waals surface area contributed by atoms with Crippen LogP contribution in [0.1, 0.15) is 46.3 Å². The molecule has 8 nitrogen and oxygen atoms in total. The number of carbonyl (C=O) groups is 1. The second kappa shape index (κ2) is 8.68. The Bertz CT molecular complexity index is 955. The molecule has 1 aliphatic heterocycles. The Hall–Kier alpha value is -2.91. The molecule has 31 heavy (non-hydrogen) atoms. The van der Waals surface area contributed by atoms with E-state index in [2.05, 4.69) is 5.32 Å². The third-order valence-corrected chi connectivity index (χ3v) is 4.82. The van der Waals surface area contributed by atoms with E-state index in [1.165, 1.54) is 6.07 Å². The fraction of sp³-hybridized carbons (Fsp3) is 0.409. The lowest BCUT2D eigenvalue weighted by Gasteiger charge is -2.41. The van der Waals surface area contributed by atoms with Gasteiger partial charge in [-0.1, -0.05) is 38.1 Å². The van der Waals surface area contributed by atoms with Gasteiger partial charge in [0, 0.05) is 23.8 Å². The molecule has 0 aliphatic carbocycles. The lowest BCUT2D eigenvalue weighted by Crippen LogP contribution is -2.49. The largest absolute Gasteiger partial charge is 0.494 e. The Labute approximate surface area is 182 Å². The lowest BCUT2D eigenvalue weighted by molar-refractivity contribution is -0.386. The molecule has 1 unspecified atom stereocenters. The molecular formula is C22H27BN2O6. The van der Waals surface area contributed by atoms with Crippen molar-refractivity contribution in [2.45, 2.75) is 46.3 Å². The van der Waals surface area contributed by atoms with Gasteiger partial charge in [-0.15, -0.1) is 0 Å². The summed E-state index contributed by atoms with van der Waals surface area (Å²) in [6.45, 7) is 9.66. The molecule has 1 saturated heterocycles. The van der Waals surface area contributed by atoms with Crippen molar-refractivity contribution >= 4 is 30.0 Å². The molecule has 0 radical (unpaired) electrons. The second-order valence-electron chi connectivity index (χ2n) is 9.21. The average molecular weight is 426 g/mol. The first-order chi connectivity index (χ1) is 14.5. The minimum absolute atomic E-state index is 0.0260. The Morgan fingerprint density at radius 2 is 1.84 bits per heavy atom. The first kappa shape index (κ1) is 22.8. The Morgan fingerprint density at radius 3 is 2.45 bits per heavy atom. The standard InChI is InChI=1S/C22H27BN2O6/c1-21(2,3)30-20(26)24-16-12-10-15(11-13-16)23-29-14-22(4,5)19(31-23)17-8-6-7-9-18(17)25(27)28/h6-13,19H,14H2,1-5H3,(H,24,26). The zero-order chi connectivity index (χ0) is 22.8. The topological polar surface area (TPSA) is 99.9 Å². The summed E-state index contributed by atoms with van der Waals surface area (Å²) in [6.07, 6.45) is -1.06. The van der Waals surface area contributed by atoms with Crippen LogP contribution in [0.25, 0.3) is 0 Å². The number of carbonyl (C=O) groups excluding carboxylic acids is 1. The fourth-order valence-electron chi connectivity index (χ4n) is 3.40. The van der Waals surface area contributed by atoms with E-state index in [1.54, 1.807) is 63.2 Å². The highest BCUT2D eigenvalue weighted by Gasteiger charge is 2.44. The van der Waals surface area contributed by atoms with E-state index in [0.29, 0.717) is 17.9 Å². The van der Waals surface area contributed by atoms with Gasteiger partial charge in [0.1, 0.15) is 5.60 Å². The van der Waals surface area contributed by atoms with Crippen molar-refractivity contribution in [3.8, 4) is 0 Å². The number of nitro benzene ring substituents is 1. The molecule has 1 N–H and O–H groups in total. The number of nitrogens with zero attached hydrogens (tertiary/aromatic N) is 1. The summed E-state index contributed by atoms with van der Waals surface area (Å²) in [4.78, 5) is 23.1. The van der Waals surface area contributed by atoms with Crippen LogP contribution in [0, 0.1) is 15.5 Å². The predicted octanol–water partition coefficient (Wildman–Crippen LogP) is 4.45. The van der Waals surface area contributed by atoms with E-state index in [9.17, 15) is 14.9 Å². The number of hydrogen-bond acceptors (Lipinski definition) is 6. The summed E-state index contributed by atoms with van der Waals surface area (Å²) in [6, 6.07) is 13.6. The molecule has 1 heterocycles. The van der Waals surface area contributed by atoms with Crippen LogP contribution in [-0.4, -0.2) is 30.3 Å². The van der Waals surface area contributed by atoms with Crippen molar-refractivity contribution in [2.75, 3.05) is 11.9 Å². The number of amides is 1. The van der Waals surface area contributed by atoms with E-state index >= 15 is 0 Å². The number of nitrogens with one attached hydrogen (secondary N) is 1. The van der Waals surface area contributed by atoms with Crippen LogP contribution >= 0.6 is 0 Å². The molecule has 1 fully saturated rings. The van der Waals surface area contributed by atoms with E-state index in [-0.39, 0.29) is 5.69 Å². The van der Waals surface area contributed by atoms with Crippen LogP contribution in [-0.2, 0) is 14.0 Å². The van der Waals surface area contributed by atoms with E-state index in [1.807, 2.05) is 13.8 Å². The maximum atomic E-state index is 11.9. The molecule has 1 amide bonds. The maximum absolute atomic E-state index is 11.9. The van der Waals surface area contributed by atoms with Gasteiger partial charge < -0.3 is 14.0 Å².